The third kappa shape index (κ3) is 23.1. The Balaban J connectivity index is 0.000000179. The summed E-state index contributed by atoms with van der Waals surface area (Å²) in [6, 6.07) is 46.9. The first-order chi connectivity index (χ1) is 55.7. The Kier molecular flexibility index (Phi) is 32.0. The molecule has 11 aromatic rings. The zero-order valence-corrected chi connectivity index (χ0v) is 69.2. The largest absolute Gasteiger partial charge is 0.497 e. The maximum atomic E-state index is 14.9. The van der Waals surface area contributed by atoms with Gasteiger partial charge >= 0.3 is 5.97 Å². The number of rotatable bonds is 25. The molecular weight excluding hydrogens is 1550 g/mol. The lowest BCUT2D eigenvalue weighted by Gasteiger charge is -2.29. The van der Waals surface area contributed by atoms with Crippen LogP contribution in [-0.2, 0) is 34.2 Å². The number of methoxy groups -OCH3 is 3. The highest BCUT2D eigenvalue weighted by Gasteiger charge is 2.31. The Morgan fingerprint density at radius 3 is 1.10 bits per heavy atom. The monoisotopic (exact) mass is 1640 g/mol. The third-order valence-electron chi connectivity index (χ3n) is 18.2. The van der Waals surface area contributed by atoms with Gasteiger partial charge < -0.3 is 38.5 Å². The first kappa shape index (κ1) is 88.3. The molecule has 0 bridgehead atoms. The van der Waals surface area contributed by atoms with Crippen molar-refractivity contribution in [2.24, 2.45) is 0 Å². The van der Waals surface area contributed by atoms with Gasteiger partial charge in [-0.3, -0.25) is 14.4 Å². The average Bonchev–Trinajstić information content (AvgIpc) is 0.813. The van der Waals surface area contributed by atoms with E-state index >= 15 is 0 Å². The second-order valence-corrected chi connectivity index (χ2v) is 30.6. The summed E-state index contributed by atoms with van der Waals surface area (Å²) in [5, 5.41) is 0.473. The maximum absolute atomic E-state index is 14.9. The minimum absolute atomic E-state index is 0.0131. The molecule has 0 aliphatic carbocycles. The number of benzene rings is 7. The minimum atomic E-state index is -3.76. The van der Waals surface area contributed by atoms with Crippen LogP contribution in [0.15, 0.2) is 210 Å². The van der Waals surface area contributed by atoms with Crippen LogP contribution in [0, 0.1) is 23.3 Å². The van der Waals surface area contributed by atoms with E-state index in [1.807, 2.05) is 121 Å². The van der Waals surface area contributed by atoms with E-state index in [0.717, 1.165) is 66.6 Å². The minimum Gasteiger partial charge on any atom is -0.497 e. The number of nitrogens with zero attached hydrogens (tertiary/aromatic N) is 12. The summed E-state index contributed by atoms with van der Waals surface area (Å²) in [6.45, 7) is 16.2. The molecule has 29 heteroatoms. The van der Waals surface area contributed by atoms with E-state index < -0.39 is 50.1 Å². The van der Waals surface area contributed by atoms with Crippen LogP contribution in [0.5, 0.6) is 17.2 Å². The van der Waals surface area contributed by atoms with E-state index in [9.17, 15) is 45.2 Å². The predicted molar refractivity (Wildman–Crippen MR) is 442 cm³/mol. The molecule has 22 nitrogen and oxygen atoms in total. The van der Waals surface area contributed by atoms with Gasteiger partial charge in [-0.05, 0) is 182 Å². The number of sulfone groups is 1. The molecule has 606 valence electrons. The summed E-state index contributed by atoms with van der Waals surface area (Å²) in [4.78, 5) is 94.2. The lowest BCUT2D eigenvalue weighted by Crippen LogP contribution is -2.37. The molecule has 12 rings (SSSR count). The van der Waals surface area contributed by atoms with Gasteiger partial charge in [0.15, 0.2) is 10.3 Å². The second-order valence-electron chi connectivity index (χ2n) is 27.2. The molecular formula is C87H92F4N12O10S3. The van der Waals surface area contributed by atoms with Crippen LogP contribution in [0.2, 0.25) is 0 Å². The van der Waals surface area contributed by atoms with Gasteiger partial charge in [-0.2, -0.15) is 0 Å². The number of esters is 1. The Bertz CT molecular complexity index is 5360. The summed E-state index contributed by atoms with van der Waals surface area (Å²) in [6.07, 6.45) is 13.5. The molecule has 7 aromatic carbocycles. The number of amides is 3. The fraction of sp³-hybridized carbons (Fsp3) is 0.287. The van der Waals surface area contributed by atoms with Crippen molar-refractivity contribution in [3.05, 3.63) is 257 Å². The number of piperidine rings is 1. The lowest BCUT2D eigenvalue weighted by molar-refractivity contribution is 0.0524. The van der Waals surface area contributed by atoms with Crippen molar-refractivity contribution in [2.45, 2.75) is 121 Å². The molecule has 5 heterocycles. The molecule has 4 aromatic heterocycles. The number of carbonyl (C=O) groups excluding carboxylic acids is 4. The fourth-order valence-corrected chi connectivity index (χ4v) is 13.4. The van der Waals surface area contributed by atoms with Gasteiger partial charge in [0.05, 0.1) is 67.4 Å². The van der Waals surface area contributed by atoms with Crippen LogP contribution >= 0.6 is 23.5 Å². The molecule has 1 saturated heterocycles. The Hall–Kier alpha value is -11.7. The van der Waals surface area contributed by atoms with E-state index in [1.165, 1.54) is 78.7 Å². The molecule has 0 atom stereocenters. The summed E-state index contributed by atoms with van der Waals surface area (Å²) in [7, 11) is 1.02. The fourth-order valence-electron chi connectivity index (χ4n) is 12.2. The number of hydrogen-bond acceptors (Lipinski definition) is 21. The maximum Gasteiger partial charge on any atom is 0.341 e. The highest BCUT2D eigenvalue weighted by Crippen LogP contribution is 2.34. The van der Waals surface area contributed by atoms with Gasteiger partial charge in [0.2, 0.25) is 20.9 Å². The Morgan fingerprint density at radius 1 is 0.440 bits per heavy atom. The van der Waals surface area contributed by atoms with Gasteiger partial charge in [-0.1, -0.05) is 108 Å². The quantitative estimate of drug-likeness (QED) is 0.0223. The van der Waals surface area contributed by atoms with Crippen LogP contribution in [0.3, 0.4) is 0 Å². The van der Waals surface area contributed by atoms with Crippen molar-refractivity contribution < 1.29 is 64.1 Å². The van der Waals surface area contributed by atoms with Gasteiger partial charge in [0, 0.05) is 104 Å². The lowest BCUT2D eigenvalue weighted by atomic mass is 10.0. The highest BCUT2D eigenvalue weighted by molar-refractivity contribution is 7.98. The van der Waals surface area contributed by atoms with Crippen molar-refractivity contribution in [1.29, 1.82) is 0 Å². The molecule has 0 N–H and O–H groups in total. The molecule has 0 radical (unpaired) electrons. The Labute approximate surface area is 682 Å². The molecule has 116 heavy (non-hydrogen) atoms. The van der Waals surface area contributed by atoms with Crippen molar-refractivity contribution >= 4 is 63.0 Å². The highest BCUT2D eigenvalue weighted by atomic mass is 32.2. The number of hydrogen-bond donors (Lipinski definition) is 0. The van der Waals surface area contributed by atoms with Crippen LogP contribution in [-0.4, -0.2) is 165 Å². The molecule has 1 aliphatic heterocycles. The summed E-state index contributed by atoms with van der Waals surface area (Å²) in [5.41, 5.74) is 5.13. The van der Waals surface area contributed by atoms with Crippen LogP contribution < -0.4 is 19.1 Å². The van der Waals surface area contributed by atoms with Crippen molar-refractivity contribution in [1.82, 2.24) is 54.6 Å². The van der Waals surface area contributed by atoms with Gasteiger partial charge in [0.1, 0.15) is 46.1 Å². The first-order valence-electron chi connectivity index (χ1n) is 37.2. The number of ether oxygens (including phenoxy) is 4. The van der Waals surface area contributed by atoms with Crippen molar-refractivity contribution in [3.63, 3.8) is 0 Å². The predicted octanol–water partition coefficient (Wildman–Crippen LogP) is 17.3. The van der Waals surface area contributed by atoms with Crippen molar-refractivity contribution in [2.75, 3.05) is 64.7 Å². The number of aromatic nitrogens is 8. The van der Waals surface area contributed by atoms with Crippen LogP contribution in [0.4, 0.5) is 23.5 Å². The van der Waals surface area contributed by atoms with Crippen molar-refractivity contribution in [3.8, 4) is 62.3 Å². The van der Waals surface area contributed by atoms with Crippen LogP contribution in [0.1, 0.15) is 126 Å². The summed E-state index contributed by atoms with van der Waals surface area (Å²) >= 11 is 2.66. The van der Waals surface area contributed by atoms with E-state index in [-0.39, 0.29) is 87.9 Å². The molecule has 1 fully saturated rings. The smallest absolute Gasteiger partial charge is 0.341 e. The normalized spacial score (nSPS) is 11.8. The van der Waals surface area contributed by atoms with E-state index in [1.54, 1.807) is 116 Å². The van der Waals surface area contributed by atoms with E-state index in [0.29, 0.717) is 57.6 Å². The number of halogens is 4. The van der Waals surface area contributed by atoms with Gasteiger partial charge in [0.25, 0.3) is 17.7 Å². The molecule has 0 unspecified atom stereocenters. The topological polar surface area (TPSA) is 255 Å². The van der Waals surface area contributed by atoms with E-state index in [2.05, 4.69) is 39.8 Å². The SMILES string of the molecule is CCOC(=O)c1cnc(SC)nc1-c1ccccc1F.COc1cccc(CN(C(=O)c2cnc(N3CCCCC3)nc2-c2ccccc2F)C(C)C)c1.COc1cccc(CN(C(=O)c2cnc(S(C)(=O)=O)nc2-c2ccccc2F)C(C)C)c1.COc1cccc(CN(C(=O)c2cnc(SC)nc2-c2ccccc2F)C(C)C)c1. The van der Waals surface area contributed by atoms with Gasteiger partial charge in [-0.15, -0.1) is 0 Å². The molecule has 0 saturated carbocycles. The summed E-state index contributed by atoms with van der Waals surface area (Å²) < 4.78 is 103. The third-order valence-corrected chi connectivity index (χ3v) is 20.2. The molecule has 1 aliphatic rings. The molecule has 0 spiro atoms. The van der Waals surface area contributed by atoms with E-state index in [4.69, 9.17) is 23.9 Å². The summed E-state index contributed by atoms with van der Waals surface area (Å²) in [5.74, 6) is -0.736. The standard InChI is InChI=1S/C27H31FN4O2.C23H24FN3O4S.C23H24FN3O2S.C14H13FN2O2S/c1-19(2)32(18-20-10-9-11-21(16-20)34-3)26(33)23-17-29-27(31-14-7-4-8-15-31)30-25(23)22-12-5-6-13-24(22)28;1-15(2)27(14-16-8-7-9-17(12-16)31-3)22(28)19-13-25-23(32(4,29)30)26-21(19)18-10-5-6-11-20(18)24;1-15(2)27(14-16-8-7-9-17(12-16)29-3)22(28)19-13-25-23(30-4)26-21(19)18-10-5-6-11-20(18)24;1-3-19-13(18)10-8-16-14(20-2)17-12(10)9-6-4-5-7-11(9)15/h5-6,9-13,16-17,19H,4,7-8,14-15,18H2,1-3H3;5-13,15H,14H2,1-4H3;5-13,15H,14H2,1-4H3;4-8H,3H2,1-2H3. The molecule has 3 amide bonds. The van der Waals surface area contributed by atoms with Crippen LogP contribution in [0.25, 0.3) is 45.0 Å². The Morgan fingerprint density at radius 2 is 0.767 bits per heavy atom. The first-order valence-corrected chi connectivity index (χ1v) is 41.5. The number of carbonyl (C=O) groups is 4. The van der Waals surface area contributed by atoms with Gasteiger partial charge in [-0.25, -0.2) is 70.6 Å². The zero-order chi connectivity index (χ0) is 83.8. The number of thioether (sulfide) groups is 2. The average molecular weight is 1640 g/mol. The number of anilines is 1. The second kappa shape index (κ2) is 42.1. The zero-order valence-electron chi connectivity index (χ0n) is 66.8.